The summed E-state index contributed by atoms with van der Waals surface area (Å²) >= 11 is 0. The molecule has 0 saturated heterocycles. The highest BCUT2D eigenvalue weighted by Gasteiger charge is 2.19. The molecule has 1 aromatic heterocycles. The van der Waals surface area contributed by atoms with Gasteiger partial charge in [0.2, 0.25) is 0 Å². The van der Waals surface area contributed by atoms with Crippen molar-refractivity contribution in [3.63, 3.8) is 0 Å². The second-order valence-electron chi connectivity index (χ2n) is 4.15. The second-order valence-corrected chi connectivity index (χ2v) is 4.15. The highest BCUT2D eigenvalue weighted by Crippen LogP contribution is 2.26. The largest absolute Gasteiger partial charge is 0.478 e. The van der Waals surface area contributed by atoms with Crippen molar-refractivity contribution in [3.8, 4) is 0 Å². The van der Waals surface area contributed by atoms with Gasteiger partial charge in [-0.1, -0.05) is 13.3 Å². The predicted octanol–water partition coefficient (Wildman–Crippen LogP) is 2.29. The molecule has 0 spiro atoms. The fourth-order valence-electron chi connectivity index (χ4n) is 2.16. The summed E-state index contributed by atoms with van der Waals surface area (Å²) in [6.07, 6.45) is 5.79. The summed E-state index contributed by atoms with van der Waals surface area (Å²) in [5, 5.41) is 8.87. The van der Waals surface area contributed by atoms with Crippen LogP contribution in [0.1, 0.15) is 41.4 Å². The van der Waals surface area contributed by atoms with Crippen LogP contribution in [0.25, 0.3) is 0 Å². The molecule has 1 unspecified atom stereocenters. The molecule has 1 aromatic rings. The Kier molecular flexibility index (Phi) is 2.71. The Labute approximate surface area is 89.2 Å². The van der Waals surface area contributed by atoms with Crippen LogP contribution in [-0.2, 0) is 12.8 Å². The molecule has 2 rings (SSSR count). The van der Waals surface area contributed by atoms with Crippen molar-refractivity contribution in [2.45, 2.75) is 32.6 Å². The number of aryl methyl sites for hydroxylation is 1. The first-order valence-electron chi connectivity index (χ1n) is 5.41. The van der Waals surface area contributed by atoms with E-state index in [-0.39, 0.29) is 0 Å². The van der Waals surface area contributed by atoms with E-state index in [0.717, 1.165) is 30.5 Å². The van der Waals surface area contributed by atoms with E-state index in [1.54, 1.807) is 6.07 Å². The molecule has 0 aliphatic heterocycles. The van der Waals surface area contributed by atoms with Crippen molar-refractivity contribution >= 4 is 5.97 Å². The number of carbonyl (C=O) groups is 1. The van der Waals surface area contributed by atoms with Crippen molar-refractivity contribution in [2.75, 3.05) is 0 Å². The number of hydrogen-bond donors (Lipinski definition) is 1. The number of carboxylic acid groups (broad SMARTS) is 1. The van der Waals surface area contributed by atoms with Crippen LogP contribution in [-0.4, -0.2) is 16.1 Å². The van der Waals surface area contributed by atoms with Crippen LogP contribution in [0.2, 0.25) is 0 Å². The SMILES string of the molecule is CCC1CCc2ncc(C(=O)O)cc2C1. The van der Waals surface area contributed by atoms with Crippen molar-refractivity contribution in [2.24, 2.45) is 5.92 Å². The number of pyridine rings is 1. The quantitative estimate of drug-likeness (QED) is 0.805. The molecule has 3 heteroatoms. The maximum Gasteiger partial charge on any atom is 0.337 e. The number of aromatic carboxylic acids is 1. The monoisotopic (exact) mass is 205 g/mol. The lowest BCUT2D eigenvalue weighted by molar-refractivity contribution is 0.0696. The number of nitrogens with zero attached hydrogens (tertiary/aromatic N) is 1. The normalized spacial score (nSPS) is 19.7. The van der Waals surface area contributed by atoms with E-state index in [2.05, 4.69) is 11.9 Å². The molecule has 0 aromatic carbocycles. The van der Waals surface area contributed by atoms with E-state index in [1.165, 1.54) is 12.6 Å². The first-order chi connectivity index (χ1) is 7.20. The lowest BCUT2D eigenvalue weighted by Gasteiger charge is -2.22. The molecule has 80 valence electrons. The molecule has 0 bridgehead atoms. The summed E-state index contributed by atoms with van der Waals surface area (Å²) in [6, 6.07) is 1.78. The molecule has 1 atom stereocenters. The Bertz CT molecular complexity index is 387. The van der Waals surface area contributed by atoms with E-state index in [1.807, 2.05) is 0 Å². The predicted molar refractivity (Wildman–Crippen MR) is 57.0 cm³/mol. The third kappa shape index (κ3) is 2.01. The topological polar surface area (TPSA) is 50.2 Å². The zero-order valence-electron chi connectivity index (χ0n) is 8.86. The average molecular weight is 205 g/mol. The highest BCUT2D eigenvalue weighted by atomic mass is 16.4. The Hall–Kier alpha value is -1.38. The van der Waals surface area contributed by atoms with Gasteiger partial charge in [-0.3, -0.25) is 4.98 Å². The third-order valence-electron chi connectivity index (χ3n) is 3.18. The minimum Gasteiger partial charge on any atom is -0.478 e. The molecule has 3 nitrogen and oxygen atoms in total. The molecule has 0 saturated carbocycles. The molecule has 1 N–H and O–H groups in total. The van der Waals surface area contributed by atoms with E-state index < -0.39 is 5.97 Å². The summed E-state index contributed by atoms with van der Waals surface area (Å²) < 4.78 is 0. The van der Waals surface area contributed by atoms with Gasteiger partial charge in [-0.2, -0.15) is 0 Å². The zero-order chi connectivity index (χ0) is 10.8. The summed E-state index contributed by atoms with van der Waals surface area (Å²) in [7, 11) is 0. The fraction of sp³-hybridized carbons (Fsp3) is 0.500. The average Bonchev–Trinajstić information content (AvgIpc) is 2.27. The Morgan fingerprint density at radius 3 is 3.13 bits per heavy atom. The van der Waals surface area contributed by atoms with Crippen molar-refractivity contribution in [3.05, 3.63) is 29.1 Å². The van der Waals surface area contributed by atoms with Gasteiger partial charge < -0.3 is 5.11 Å². The molecule has 0 fully saturated rings. The van der Waals surface area contributed by atoms with Gasteiger partial charge in [-0.15, -0.1) is 0 Å². The van der Waals surface area contributed by atoms with Crippen LogP contribution in [0.5, 0.6) is 0 Å². The minimum absolute atomic E-state index is 0.311. The smallest absolute Gasteiger partial charge is 0.337 e. The van der Waals surface area contributed by atoms with Crippen molar-refractivity contribution in [1.29, 1.82) is 0 Å². The van der Waals surface area contributed by atoms with Gasteiger partial charge in [0.1, 0.15) is 0 Å². The van der Waals surface area contributed by atoms with Gasteiger partial charge in [0.15, 0.2) is 0 Å². The zero-order valence-corrected chi connectivity index (χ0v) is 8.86. The Balaban J connectivity index is 2.30. The standard InChI is InChI=1S/C12H15NO2/c1-2-8-3-4-11-9(5-8)6-10(7-13-11)12(14)15/h6-8H,2-5H2,1H3,(H,14,15). The van der Waals surface area contributed by atoms with Gasteiger partial charge in [-0.05, 0) is 36.8 Å². The van der Waals surface area contributed by atoms with Gasteiger partial charge in [0, 0.05) is 11.9 Å². The first-order valence-corrected chi connectivity index (χ1v) is 5.41. The second kappa shape index (κ2) is 4.01. The molecule has 1 heterocycles. The number of carboxylic acids is 1. The van der Waals surface area contributed by atoms with Crippen LogP contribution in [0.4, 0.5) is 0 Å². The Morgan fingerprint density at radius 1 is 1.67 bits per heavy atom. The highest BCUT2D eigenvalue weighted by molar-refractivity contribution is 5.87. The molecule has 0 amide bonds. The number of rotatable bonds is 2. The summed E-state index contributed by atoms with van der Waals surface area (Å²) in [6.45, 7) is 2.18. The summed E-state index contributed by atoms with van der Waals surface area (Å²) in [5.41, 5.74) is 2.53. The van der Waals surface area contributed by atoms with Crippen LogP contribution in [0.3, 0.4) is 0 Å². The van der Waals surface area contributed by atoms with Crippen LogP contribution < -0.4 is 0 Å². The number of fused-ring (bicyclic) bond motifs is 1. The van der Waals surface area contributed by atoms with E-state index in [9.17, 15) is 4.79 Å². The summed E-state index contributed by atoms with van der Waals surface area (Å²) in [4.78, 5) is 15.0. The molecule has 0 radical (unpaired) electrons. The minimum atomic E-state index is -0.885. The number of hydrogen-bond acceptors (Lipinski definition) is 2. The number of aromatic nitrogens is 1. The summed E-state index contributed by atoms with van der Waals surface area (Å²) in [5.74, 6) is -0.188. The van der Waals surface area contributed by atoms with Gasteiger partial charge in [-0.25, -0.2) is 4.79 Å². The van der Waals surface area contributed by atoms with E-state index in [0.29, 0.717) is 11.5 Å². The lowest BCUT2D eigenvalue weighted by atomic mass is 9.85. The maximum atomic E-state index is 10.8. The molecular weight excluding hydrogens is 190 g/mol. The van der Waals surface area contributed by atoms with Gasteiger partial charge in [0.05, 0.1) is 5.56 Å². The van der Waals surface area contributed by atoms with Crippen molar-refractivity contribution in [1.82, 2.24) is 4.98 Å². The van der Waals surface area contributed by atoms with Gasteiger partial charge in [0.25, 0.3) is 0 Å². The van der Waals surface area contributed by atoms with E-state index in [4.69, 9.17) is 5.11 Å². The van der Waals surface area contributed by atoms with Gasteiger partial charge >= 0.3 is 5.97 Å². The fourth-order valence-corrected chi connectivity index (χ4v) is 2.16. The molecule has 15 heavy (non-hydrogen) atoms. The maximum absolute atomic E-state index is 10.8. The van der Waals surface area contributed by atoms with Crippen LogP contribution in [0.15, 0.2) is 12.3 Å². The van der Waals surface area contributed by atoms with Crippen LogP contribution >= 0.6 is 0 Å². The molecule has 1 aliphatic rings. The third-order valence-corrected chi connectivity index (χ3v) is 3.18. The molecule has 1 aliphatic carbocycles. The first kappa shape index (κ1) is 10.1. The van der Waals surface area contributed by atoms with Crippen molar-refractivity contribution < 1.29 is 9.90 Å². The van der Waals surface area contributed by atoms with Crippen LogP contribution in [0, 0.1) is 5.92 Å². The lowest BCUT2D eigenvalue weighted by Crippen LogP contribution is -2.16. The molecular formula is C12H15NO2. The van der Waals surface area contributed by atoms with E-state index >= 15 is 0 Å². The Morgan fingerprint density at radius 2 is 2.47 bits per heavy atom.